The van der Waals surface area contributed by atoms with Gasteiger partial charge in [0.25, 0.3) is 0 Å². The van der Waals surface area contributed by atoms with Crippen molar-refractivity contribution in [2.24, 2.45) is 0 Å². The van der Waals surface area contributed by atoms with Crippen molar-refractivity contribution in [3.63, 3.8) is 0 Å². The molecule has 0 N–H and O–H groups in total. The van der Waals surface area contributed by atoms with Crippen LogP contribution in [0, 0.1) is 0 Å². The molecule has 0 rings (SSSR count). The molecule has 2 nitrogen and oxygen atoms in total. The van der Waals surface area contributed by atoms with Gasteiger partial charge >= 0.3 is 0 Å². The average Bonchev–Trinajstić information content (AvgIpc) is 1.99. The fourth-order valence-corrected chi connectivity index (χ4v) is 0.658. The Labute approximate surface area is 64.8 Å². The second-order valence-electron chi connectivity index (χ2n) is 2.79. The van der Waals surface area contributed by atoms with E-state index in [1.54, 1.807) is 0 Å². The molecule has 0 heterocycles. The van der Waals surface area contributed by atoms with Gasteiger partial charge in [0.15, 0.2) is 0 Å². The van der Waals surface area contributed by atoms with E-state index in [-0.39, 0.29) is 0 Å². The van der Waals surface area contributed by atoms with E-state index in [1.165, 1.54) is 13.1 Å². The molecule has 0 bridgehead atoms. The first-order chi connectivity index (χ1) is 4.70. The molecule has 0 saturated carbocycles. The van der Waals surface area contributed by atoms with Crippen LogP contribution in [0.5, 0.6) is 0 Å². The average molecular weight is 144 g/mol. The van der Waals surface area contributed by atoms with Crippen molar-refractivity contribution in [2.75, 3.05) is 40.3 Å². The van der Waals surface area contributed by atoms with Crippen LogP contribution in [-0.2, 0) is 0 Å². The fourth-order valence-electron chi connectivity index (χ4n) is 0.658. The molecule has 2 heteroatoms. The van der Waals surface area contributed by atoms with Gasteiger partial charge in [0.2, 0.25) is 0 Å². The first-order valence-electron chi connectivity index (χ1n) is 4.07. The summed E-state index contributed by atoms with van der Waals surface area (Å²) in [5.74, 6) is 0. The molecule has 62 valence electrons. The number of likely N-dealkylation sites (N-methyl/N-ethyl adjacent to an activating group) is 2. The van der Waals surface area contributed by atoms with E-state index in [0.717, 1.165) is 13.1 Å². The molecule has 0 amide bonds. The van der Waals surface area contributed by atoms with Crippen LogP contribution in [0.3, 0.4) is 0 Å². The number of hydrogen-bond acceptors (Lipinski definition) is 2. The van der Waals surface area contributed by atoms with Crippen LogP contribution in [0.15, 0.2) is 0 Å². The largest absolute Gasteiger partial charge is 0.305 e. The second-order valence-corrected chi connectivity index (χ2v) is 2.79. The lowest BCUT2D eigenvalue weighted by atomic mass is 10.5. The minimum atomic E-state index is 1.15. The monoisotopic (exact) mass is 144 g/mol. The molecule has 10 heavy (non-hydrogen) atoms. The van der Waals surface area contributed by atoms with Gasteiger partial charge in [0.1, 0.15) is 0 Å². The summed E-state index contributed by atoms with van der Waals surface area (Å²) in [5.41, 5.74) is 0. The van der Waals surface area contributed by atoms with Gasteiger partial charge in [0, 0.05) is 13.1 Å². The Kier molecular flexibility index (Phi) is 5.64. The quantitative estimate of drug-likeness (QED) is 0.565. The third kappa shape index (κ3) is 4.77. The number of hydrogen-bond donors (Lipinski definition) is 0. The molecule has 0 spiro atoms. The Balaban J connectivity index is 3.17. The van der Waals surface area contributed by atoms with E-state index in [0.29, 0.717) is 0 Å². The minimum absolute atomic E-state index is 1.15. The van der Waals surface area contributed by atoms with Gasteiger partial charge in [-0.3, -0.25) is 0 Å². The summed E-state index contributed by atoms with van der Waals surface area (Å²) in [7, 11) is 4.31. The molecule has 0 aromatic carbocycles. The molecule has 0 aliphatic heterocycles. The molecular formula is C8H20N2. The molecule has 0 aromatic heterocycles. The molecule has 0 aliphatic carbocycles. The topological polar surface area (TPSA) is 6.48 Å². The van der Waals surface area contributed by atoms with E-state index in [2.05, 4.69) is 37.7 Å². The fraction of sp³-hybridized carbons (Fsp3) is 1.00. The Hall–Kier alpha value is -0.0800. The van der Waals surface area contributed by atoms with Gasteiger partial charge in [-0.15, -0.1) is 0 Å². The predicted molar refractivity (Wildman–Crippen MR) is 46.3 cm³/mol. The van der Waals surface area contributed by atoms with Gasteiger partial charge < -0.3 is 9.80 Å². The van der Waals surface area contributed by atoms with Gasteiger partial charge in [-0.1, -0.05) is 13.8 Å². The van der Waals surface area contributed by atoms with Gasteiger partial charge in [-0.25, -0.2) is 0 Å². The summed E-state index contributed by atoms with van der Waals surface area (Å²) in [4.78, 5) is 4.65. The normalized spacial score (nSPS) is 11.4. The smallest absolute Gasteiger partial charge is 0.0106 e. The highest BCUT2D eigenvalue weighted by molar-refractivity contribution is 4.52. The van der Waals surface area contributed by atoms with Crippen molar-refractivity contribution in [2.45, 2.75) is 13.8 Å². The maximum Gasteiger partial charge on any atom is 0.0106 e. The van der Waals surface area contributed by atoms with E-state index < -0.39 is 0 Å². The zero-order valence-electron chi connectivity index (χ0n) is 7.72. The van der Waals surface area contributed by atoms with Crippen molar-refractivity contribution >= 4 is 0 Å². The van der Waals surface area contributed by atoms with Gasteiger partial charge in [0.05, 0.1) is 0 Å². The maximum atomic E-state index is 2.33. The molecule has 0 atom stereocenters. The molecule has 0 saturated heterocycles. The summed E-state index contributed by atoms with van der Waals surface area (Å²) in [6, 6.07) is 0. The second kappa shape index (κ2) is 5.69. The highest BCUT2D eigenvalue weighted by atomic mass is 15.2. The number of nitrogens with zero attached hydrogens (tertiary/aromatic N) is 2. The van der Waals surface area contributed by atoms with Gasteiger partial charge in [-0.05, 0) is 27.2 Å². The lowest BCUT2D eigenvalue weighted by Gasteiger charge is -2.18. The molecule has 0 aromatic rings. The lowest BCUT2D eigenvalue weighted by molar-refractivity contribution is 0.271. The van der Waals surface area contributed by atoms with Crippen molar-refractivity contribution < 1.29 is 0 Å². The van der Waals surface area contributed by atoms with Crippen LogP contribution in [0.4, 0.5) is 0 Å². The van der Waals surface area contributed by atoms with Crippen LogP contribution < -0.4 is 0 Å². The third-order valence-electron chi connectivity index (χ3n) is 1.94. The van der Waals surface area contributed by atoms with Crippen LogP contribution in [0.1, 0.15) is 13.8 Å². The Bertz CT molecular complexity index is 63.7. The molecule has 0 fully saturated rings. The summed E-state index contributed by atoms with van der Waals surface area (Å²) in [5, 5.41) is 0. The summed E-state index contributed by atoms with van der Waals surface area (Å²) < 4.78 is 0. The minimum Gasteiger partial charge on any atom is -0.305 e. The van der Waals surface area contributed by atoms with Crippen LogP contribution >= 0.6 is 0 Å². The Morgan fingerprint density at radius 1 is 0.800 bits per heavy atom. The Morgan fingerprint density at radius 3 is 1.30 bits per heavy atom. The van der Waals surface area contributed by atoms with Gasteiger partial charge in [-0.2, -0.15) is 0 Å². The van der Waals surface area contributed by atoms with E-state index in [9.17, 15) is 0 Å². The standard InChI is InChI=1S/C8H20N2/c1-5-9(3)7-8-10(4)6-2/h5-8H2,1-4H3. The summed E-state index contributed by atoms with van der Waals surface area (Å²) in [6.45, 7) is 9.04. The molecule has 0 radical (unpaired) electrons. The third-order valence-corrected chi connectivity index (χ3v) is 1.94. The maximum absolute atomic E-state index is 2.33. The van der Waals surface area contributed by atoms with Crippen LogP contribution in [-0.4, -0.2) is 50.1 Å². The summed E-state index contributed by atoms with van der Waals surface area (Å²) >= 11 is 0. The van der Waals surface area contributed by atoms with E-state index in [1.807, 2.05) is 0 Å². The lowest BCUT2D eigenvalue weighted by Crippen LogP contribution is -2.30. The zero-order chi connectivity index (χ0) is 7.98. The van der Waals surface area contributed by atoms with Crippen LogP contribution in [0.25, 0.3) is 0 Å². The highest BCUT2D eigenvalue weighted by Gasteiger charge is 1.96. The number of rotatable bonds is 5. The van der Waals surface area contributed by atoms with E-state index in [4.69, 9.17) is 0 Å². The summed E-state index contributed by atoms with van der Waals surface area (Å²) in [6.07, 6.45) is 0. The molecular weight excluding hydrogens is 124 g/mol. The SMILES string of the molecule is CCN(C)CCN(C)CC. The molecule has 0 unspecified atom stereocenters. The Morgan fingerprint density at radius 2 is 1.10 bits per heavy atom. The van der Waals surface area contributed by atoms with E-state index >= 15 is 0 Å². The first-order valence-corrected chi connectivity index (χ1v) is 4.07. The van der Waals surface area contributed by atoms with Crippen molar-refractivity contribution in [1.29, 1.82) is 0 Å². The first kappa shape index (κ1) is 9.92. The van der Waals surface area contributed by atoms with Crippen molar-refractivity contribution in [3.8, 4) is 0 Å². The predicted octanol–water partition coefficient (Wildman–Crippen LogP) is 0.890. The van der Waals surface area contributed by atoms with Crippen LogP contribution in [0.2, 0.25) is 0 Å². The molecule has 0 aliphatic rings. The van der Waals surface area contributed by atoms with Crippen molar-refractivity contribution in [1.82, 2.24) is 9.80 Å². The highest BCUT2D eigenvalue weighted by Crippen LogP contribution is 1.84. The van der Waals surface area contributed by atoms with Crippen molar-refractivity contribution in [3.05, 3.63) is 0 Å². The zero-order valence-corrected chi connectivity index (χ0v) is 7.72.